The minimum atomic E-state index is -0.220. The van der Waals surface area contributed by atoms with E-state index in [1.165, 1.54) is 4.68 Å². The second-order valence-electron chi connectivity index (χ2n) is 4.68. The lowest BCUT2D eigenvalue weighted by atomic mass is 10.3. The van der Waals surface area contributed by atoms with Gasteiger partial charge in [-0.15, -0.1) is 5.10 Å². The lowest BCUT2D eigenvalue weighted by Crippen LogP contribution is -2.30. The number of aliphatic hydroxyl groups excluding tert-OH is 1. The van der Waals surface area contributed by atoms with E-state index in [1.807, 2.05) is 18.2 Å². The van der Waals surface area contributed by atoms with Gasteiger partial charge in [0.15, 0.2) is 5.65 Å². The van der Waals surface area contributed by atoms with E-state index in [4.69, 9.17) is 0 Å². The highest BCUT2D eigenvalue weighted by Crippen LogP contribution is 2.07. The smallest absolute Gasteiger partial charge is 0.350 e. The standard InChI is InChI=1S/C12H16N4O2/c17-10-4-6-14(9-10)7-8-16-12(18)15-5-2-1-3-11(15)13-16/h1-3,5,10,17H,4,6-9H2/t10-/m0/s1. The normalized spacial score (nSPS) is 20.8. The first-order valence-corrected chi connectivity index (χ1v) is 6.19. The zero-order valence-electron chi connectivity index (χ0n) is 10.1. The molecular weight excluding hydrogens is 232 g/mol. The quantitative estimate of drug-likeness (QED) is 0.800. The molecule has 1 N–H and O–H groups in total. The van der Waals surface area contributed by atoms with Crippen LogP contribution < -0.4 is 5.69 Å². The van der Waals surface area contributed by atoms with Crippen molar-refractivity contribution >= 4 is 5.65 Å². The number of hydrogen-bond acceptors (Lipinski definition) is 4. The van der Waals surface area contributed by atoms with E-state index in [-0.39, 0.29) is 11.8 Å². The number of rotatable bonds is 3. The van der Waals surface area contributed by atoms with Crippen LogP contribution in [0.1, 0.15) is 6.42 Å². The average molecular weight is 248 g/mol. The lowest BCUT2D eigenvalue weighted by molar-refractivity contribution is 0.174. The third-order valence-corrected chi connectivity index (χ3v) is 3.36. The van der Waals surface area contributed by atoms with E-state index in [2.05, 4.69) is 10.00 Å². The fourth-order valence-corrected chi connectivity index (χ4v) is 2.37. The molecule has 3 heterocycles. The highest BCUT2D eigenvalue weighted by atomic mass is 16.3. The van der Waals surface area contributed by atoms with Gasteiger partial charge in [0.2, 0.25) is 0 Å². The summed E-state index contributed by atoms with van der Waals surface area (Å²) < 4.78 is 3.03. The Morgan fingerprint density at radius 3 is 3.00 bits per heavy atom. The van der Waals surface area contributed by atoms with Crippen LogP contribution in [0.25, 0.3) is 5.65 Å². The van der Waals surface area contributed by atoms with E-state index in [0.717, 1.165) is 19.5 Å². The van der Waals surface area contributed by atoms with E-state index >= 15 is 0 Å². The summed E-state index contributed by atoms with van der Waals surface area (Å²) in [7, 11) is 0. The van der Waals surface area contributed by atoms with Crippen molar-refractivity contribution in [2.75, 3.05) is 19.6 Å². The molecule has 96 valence electrons. The summed E-state index contributed by atoms with van der Waals surface area (Å²) in [4.78, 5) is 14.1. The van der Waals surface area contributed by atoms with Crippen LogP contribution >= 0.6 is 0 Å². The number of aromatic nitrogens is 3. The van der Waals surface area contributed by atoms with Crippen molar-refractivity contribution < 1.29 is 5.11 Å². The first-order valence-electron chi connectivity index (χ1n) is 6.19. The van der Waals surface area contributed by atoms with E-state index in [0.29, 0.717) is 18.7 Å². The topological polar surface area (TPSA) is 62.8 Å². The first-order chi connectivity index (χ1) is 8.74. The Balaban J connectivity index is 1.75. The van der Waals surface area contributed by atoms with Gasteiger partial charge in [0.05, 0.1) is 12.6 Å². The van der Waals surface area contributed by atoms with Gasteiger partial charge in [-0.25, -0.2) is 9.48 Å². The van der Waals surface area contributed by atoms with Gasteiger partial charge in [0, 0.05) is 25.8 Å². The molecule has 0 amide bonds. The summed E-state index contributed by atoms with van der Waals surface area (Å²) in [5, 5.41) is 13.7. The van der Waals surface area contributed by atoms with Crippen LogP contribution in [0.5, 0.6) is 0 Å². The van der Waals surface area contributed by atoms with Crippen LogP contribution in [0.3, 0.4) is 0 Å². The molecule has 1 fully saturated rings. The SMILES string of the molecule is O=c1n(CCN2CC[C@H](O)C2)nc2ccccn12. The molecule has 0 bridgehead atoms. The maximum absolute atomic E-state index is 12.0. The Morgan fingerprint density at radius 1 is 1.39 bits per heavy atom. The van der Waals surface area contributed by atoms with Crippen molar-refractivity contribution in [1.29, 1.82) is 0 Å². The zero-order chi connectivity index (χ0) is 12.5. The summed E-state index contributed by atoms with van der Waals surface area (Å²) in [6.07, 6.45) is 2.32. The third kappa shape index (κ3) is 2.04. The van der Waals surface area contributed by atoms with Crippen molar-refractivity contribution in [3.05, 3.63) is 34.9 Å². The Morgan fingerprint density at radius 2 is 2.28 bits per heavy atom. The Hall–Kier alpha value is -1.66. The van der Waals surface area contributed by atoms with Crippen molar-refractivity contribution in [2.24, 2.45) is 0 Å². The van der Waals surface area contributed by atoms with Gasteiger partial charge in [-0.05, 0) is 18.6 Å². The number of likely N-dealkylation sites (tertiary alicyclic amines) is 1. The second kappa shape index (κ2) is 4.55. The van der Waals surface area contributed by atoms with Crippen molar-refractivity contribution in [3.8, 4) is 0 Å². The van der Waals surface area contributed by atoms with E-state index in [1.54, 1.807) is 10.6 Å². The van der Waals surface area contributed by atoms with Crippen LogP contribution in [0.2, 0.25) is 0 Å². The van der Waals surface area contributed by atoms with Crippen LogP contribution in [0.4, 0.5) is 0 Å². The Bertz CT molecular complexity index is 603. The van der Waals surface area contributed by atoms with Gasteiger partial charge < -0.3 is 5.11 Å². The molecular formula is C12H16N4O2. The fourth-order valence-electron chi connectivity index (χ4n) is 2.37. The van der Waals surface area contributed by atoms with Gasteiger partial charge in [0.25, 0.3) is 0 Å². The zero-order valence-corrected chi connectivity index (χ0v) is 10.1. The molecule has 2 aromatic heterocycles. The summed E-state index contributed by atoms with van der Waals surface area (Å²) in [6, 6.07) is 5.50. The van der Waals surface area contributed by atoms with Crippen LogP contribution in [-0.2, 0) is 6.54 Å². The number of fused-ring (bicyclic) bond motifs is 1. The van der Waals surface area contributed by atoms with Crippen LogP contribution in [-0.4, -0.2) is 49.9 Å². The summed E-state index contributed by atoms with van der Waals surface area (Å²) >= 11 is 0. The maximum Gasteiger partial charge on any atom is 0.350 e. The van der Waals surface area contributed by atoms with E-state index < -0.39 is 0 Å². The molecule has 6 heteroatoms. The Kier molecular flexibility index (Phi) is 2.89. The molecule has 18 heavy (non-hydrogen) atoms. The number of hydrogen-bond donors (Lipinski definition) is 1. The molecule has 1 aliphatic heterocycles. The largest absolute Gasteiger partial charge is 0.392 e. The van der Waals surface area contributed by atoms with E-state index in [9.17, 15) is 9.90 Å². The minimum Gasteiger partial charge on any atom is -0.392 e. The highest BCUT2D eigenvalue weighted by Gasteiger charge is 2.20. The van der Waals surface area contributed by atoms with Crippen LogP contribution in [0, 0.1) is 0 Å². The van der Waals surface area contributed by atoms with Gasteiger partial charge in [-0.3, -0.25) is 9.30 Å². The number of aliphatic hydroxyl groups is 1. The molecule has 3 rings (SSSR count). The molecule has 1 aliphatic rings. The van der Waals surface area contributed by atoms with Crippen LogP contribution in [0.15, 0.2) is 29.2 Å². The summed E-state index contributed by atoms with van der Waals surface area (Å²) in [5.41, 5.74) is 0.564. The first kappa shape index (κ1) is 11.4. The molecule has 0 spiro atoms. The van der Waals surface area contributed by atoms with Gasteiger partial charge >= 0.3 is 5.69 Å². The van der Waals surface area contributed by atoms with Crippen molar-refractivity contribution in [3.63, 3.8) is 0 Å². The van der Waals surface area contributed by atoms with Crippen molar-refractivity contribution in [1.82, 2.24) is 19.1 Å². The monoisotopic (exact) mass is 248 g/mol. The van der Waals surface area contributed by atoms with Gasteiger partial charge in [-0.1, -0.05) is 6.07 Å². The Labute approximate surface area is 104 Å². The predicted molar refractivity (Wildman–Crippen MR) is 66.5 cm³/mol. The third-order valence-electron chi connectivity index (χ3n) is 3.36. The molecule has 0 saturated carbocycles. The number of nitrogens with zero attached hydrogens (tertiary/aromatic N) is 4. The summed E-state index contributed by atoms with van der Waals surface area (Å²) in [6.45, 7) is 2.90. The number of pyridine rings is 1. The second-order valence-corrected chi connectivity index (χ2v) is 4.68. The fraction of sp³-hybridized carbons (Fsp3) is 0.500. The van der Waals surface area contributed by atoms with Gasteiger partial charge in [0.1, 0.15) is 0 Å². The molecule has 1 saturated heterocycles. The molecule has 0 radical (unpaired) electrons. The average Bonchev–Trinajstić information content (AvgIpc) is 2.92. The predicted octanol–water partition coefficient (Wildman–Crippen LogP) is -0.437. The molecule has 0 aliphatic carbocycles. The maximum atomic E-state index is 12.0. The summed E-state index contributed by atoms with van der Waals surface area (Å²) in [5.74, 6) is 0. The number of β-amino-alcohol motifs (C(OH)–C–C–N with tert-alkyl or cyclic N) is 1. The van der Waals surface area contributed by atoms with Gasteiger partial charge in [-0.2, -0.15) is 0 Å². The molecule has 1 atom stereocenters. The molecule has 0 aromatic carbocycles. The minimum absolute atomic E-state index is 0.106. The molecule has 6 nitrogen and oxygen atoms in total. The van der Waals surface area contributed by atoms with Crippen molar-refractivity contribution in [2.45, 2.75) is 19.1 Å². The molecule has 0 unspecified atom stereocenters. The molecule has 2 aromatic rings. The highest BCUT2D eigenvalue weighted by molar-refractivity contribution is 5.35. The lowest BCUT2D eigenvalue weighted by Gasteiger charge is -2.13.